The van der Waals surface area contributed by atoms with Gasteiger partial charge in [-0.1, -0.05) is 18.2 Å². The third-order valence-corrected chi connectivity index (χ3v) is 7.72. The second kappa shape index (κ2) is 14.1. The van der Waals surface area contributed by atoms with Crippen molar-refractivity contribution in [3.63, 3.8) is 0 Å². The molecule has 240 valence electrons. The lowest BCUT2D eigenvalue weighted by Crippen LogP contribution is -2.26. The van der Waals surface area contributed by atoms with Crippen LogP contribution in [-0.4, -0.2) is 59.9 Å². The number of nitrogens with one attached hydrogen (secondary N) is 3. The fourth-order valence-electron chi connectivity index (χ4n) is 5.68. The van der Waals surface area contributed by atoms with Gasteiger partial charge in [0.1, 0.15) is 0 Å². The predicted molar refractivity (Wildman–Crippen MR) is 173 cm³/mol. The Morgan fingerprint density at radius 1 is 1.02 bits per heavy atom. The first kappa shape index (κ1) is 31.9. The average Bonchev–Trinajstić information content (AvgIpc) is 3.35. The summed E-state index contributed by atoms with van der Waals surface area (Å²) in [5, 5.41) is 21.2. The lowest BCUT2D eigenvalue weighted by atomic mass is 9.95. The van der Waals surface area contributed by atoms with Crippen molar-refractivity contribution < 1.29 is 23.8 Å². The fourth-order valence-corrected chi connectivity index (χ4v) is 5.68. The summed E-state index contributed by atoms with van der Waals surface area (Å²) in [7, 11) is 6.35. The number of nitrogens with zero attached hydrogens (tertiary/aromatic N) is 4. The van der Waals surface area contributed by atoms with E-state index in [4.69, 9.17) is 14.2 Å². The Bertz CT molecular complexity index is 1820. The SMILES string of the molecule is COc1cc2c(c(OC)c1OC)-c1ccc(NCCCC(=O)Nc3cccc(-c4nnn(C)n4)c3)c(=O)cc1[C@@H](NC(C)=O)CC2. The summed E-state index contributed by atoms with van der Waals surface area (Å²) in [4.78, 5) is 39.7. The number of carbonyl (C=O) groups is 2. The first-order chi connectivity index (χ1) is 22.2. The molecule has 3 N–H and O–H groups in total. The van der Waals surface area contributed by atoms with Crippen LogP contribution in [0.5, 0.6) is 17.2 Å². The molecule has 46 heavy (non-hydrogen) atoms. The molecule has 0 radical (unpaired) electrons. The second-order valence-electron chi connectivity index (χ2n) is 10.9. The van der Waals surface area contributed by atoms with E-state index in [1.807, 2.05) is 24.3 Å². The van der Waals surface area contributed by atoms with Gasteiger partial charge in [0, 0.05) is 36.7 Å². The van der Waals surface area contributed by atoms with Gasteiger partial charge >= 0.3 is 0 Å². The molecule has 0 aliphatic heterocycles. The number of ether oxygens (including phenoxy) is 3. The van der Waals surface area contributed by atoms with E-state index >= 15 is 0 Å². The van der Waals surface area contributed by atoms with Crippen LogP contribution >= 0.6 is 0 Å². The number of rotatable bonds is 11. The number of methoxy groups -OCH3 is 3. The van der Waals surface area contributed by atoms with Gasteiger partial charge in [0.2, 0.25) is 28.8 Å². The fraction of sp³-hybridized carbons (Fsp3) is 0.333. The highest BCUT2D eigenvalue weighted by Gasteiger charge is 2.29. The zero-order chi connectivity index (χ0) is 32.8. The Labute approximate surface area is 266 Å². The number of tetrazole rings is 1. The van der Waals surface area contributed by atoms with Gasteiger partial charge in [-0.2, -0.15) is 4.80 Å². The summed E-state index contributed by atoms with van der Waals surface area (Å²) < 4.78 is 17.1. The Balaban J connectivity index is 1.35. The maximum atomic E-state index is 13.5. The molecule has 13 heteroatoms. The number of aryl methyl sites for hydroxylation is 2. The molecule has 5 rings (SSSR count). The largest absolute Gasteiger partial charge is 0.493 e. The van der Waals surface area contributed by atoms with Crippen LogP contribution in [0.25, 0.3) is 22.5 Å². The summed E-state index contributed by atoms with van der Waals surface area (Å²) in [6, 6.07) is 13.9. The number of amides is 2. The Morgan fingerprint density at radius 2 is 1.83 bits per heavy atom. The minimum absolute atomic E-state index is 0.162. The molecule has 1 heterocycles. The zero-order valence-electron chi connectivity index (χ0n) is 26.5. The van der Waals surface area contributed by atoms with Crippen molar-refractivity contribution in [1.29, 1.82) is 0 Å². The van der Waals surface area contributed by atoms with E-state index in [-0.39, 0.29) is 23.7 Å². The van der Waals surface area contributed by atoms with Crippen molar-refractivity contribution in [3.05, 3.63) is 69.9 Å². The number of carbonyl (C=O) groups excluding carboxylic acids is 2. The van der Waals surface area contributed by atoms with Crippen LogP contribution in [0.1, 0.15) is 43.4 Å². The third-order valence-electron chi connectivity index (χ3n) is 7.72. The molecule has 0 saturated carbocycles. The molecular weight excluding hydrogens is 590 g/mol. The summed E-state index contributed by atoms with van der Waals surface area (Å²) in [6.07, 6.45) is 1.90. The lowest BCUT2D eigenvalue weighted by molar-refractivity contribution is -0.119. The number of hydrogen-bond donors (Lipinski definition) is 3. The molecular formula is C33H37N7O6. The zero-order valence-corrected chi connectivity index (χ0v) is 26.5. The second-order valence-corrected chi connectivity index (χ2v) is 10.9. The first-order valence-corrected chi connectivity index (χ1v) is 14.9. The summed E-state index contributed by atoms with van der Waals surface area (Å²) in [6.45, 7) is 1.85. The first-order valence-electron chi connectivity index (χ1n) is 14.9. The van der Waals surface area contributed by atoms with Crippen molar-refractivity contribution >= 4 is 23.2 Å². The van der Waals surface area contributed by atoms with Crippen molar-refractivity contribution in [2.45, 2.75) is 38.6 Å². The van der Waals surface area contributed by atoms with Crippen LogP contribution in [0.4, 0.5) is 11.4 Å². The van der Waals surface area contributed by atoms with Gasteiger partial charge < -0.3 is 30.2 Å². The van der Waals surface area contributed by atoms with Gasteiger partial charge in [-0.05, 0) is 71.5 Å². The van der Waals surface area contributed by atoms with E-state index in [1.165, 1.54) is 11.7 Å². The van der Waals surface area contributed by atoms with Crippen molar-refractivity contribution in [3.8, 4) is 39.8 Å². The van der Waals surface area contributed by atoms with Crippen LogP contribution in [0.3, 0.4) is 0 Å². The standard InChI is InChI=1S/C33H37N7O6/c1-19(41)35-25-13-11-20-17-28(44-3)31(45-4)32(46-5)30(20)23-12-14-26(27(42)18-24(23)25)34-15-7-10-29(43)36-22-9-6-8-21(16-22)33-37-39-40(2)38-33/h6,8-9,12,14,16-18,25H,7,10-11,13,15H2,1-5H3,(H,34,42)(H,35,41)(H,36,43)/t25-/m0/s1. The number of benzene rings is 2. The van der Waals surface area contributed by atoms with E-state index in [0.717, 1.165) is 22.3 Å². The summed E-state index contributed by atoms with van der Waals surface area (Å²) in [5.74, 6) is 1.56. The van der Waals surface area contributed by atoms with Crippen LogP contribution in [-0.2, 0) is 23.1 Å². The van der Waals surface area contributed by atoms with Crippen LogP contribution < -0.4 is 35.6 Å². The van der Waals surface area contributed by atoms with Gasteiger partial charge in [0.05, 0.1) is 40.1 Å². The van der Waals surface area contributed by atoms with Gasteiger partial charge in [-0.3, -0.25) is 14.4 Å². The summed E-state index contributed by atoms with van der Waals surface area (Å²) in [5.41, 5.74) is 4.65. The topological polar surface area (TPSA) is 159 Å². The highest BCUT2D eigenvalue weighted by molar-refractivity contribution is 5.91. The van der Waals surface area contributed by atoms with Gasteiger partial charge in [-0.25, -0.2) is 0 Å². The average molecular weight is 628 g/mol. The van der Waals surface area contributed by atoms with Crippen LogP contribution in [0.2, 0.25) is 0 Å². The molecule has 3 aromatic carbocycles. The molecule has 0 spiro atoms. The van der Waals surface area contributed by atoms with E-state index in [1.54, 1.807) is 52.6 Å². The molecule has 1 aliphatic rings. The highest BCUT2D eigenvalue weighted by Crippen LogP contribution is 2.50. The lowest BCUT2D eigenvalue weighted by Gasteiger charge is -2.19. The molecule has 4 aromatic rings. The van der Waals surface area contributed by atoms with Gasteiger partial charge in [0.25, 0.3) is 0 Å². The number of fused-ring (bicyclic) bond motifs is 3. The number of hydrogen-bond acceptors (Lipinski definition) is 10. The normalized spacial score (nSPS) is 13.5. The van der Waals surface area contributed by atoms with Crippen molar-refractivity contribution in [1.82, 2.24) is 25.5 Å². The maximum absolute atomic E-state index is 13.5. The monoisotopic (exact) mass is 627 g/mol. The van der Waals surface area contributed by atoms with Crippen LogP contribution in [0.15, 0.2) is 53.3 Å². The van der Waals surface area contributed by atoms with Crippen LogP contribution in [0, 0.1) is 0 Å². The number of anilines is 2. The Kier molecular flexibility index (Phi) is 9.79. The quantitative estimate of drug-likeness (QED) is 0.208. The molecule has 1 aliphatic carbocycles. The smallest absolute Gasteiger partial charge is 0.224 e. The van der Waals surface area contributed by atoms with E-state index in [2.05, 4.69) is 31.4 Å². The van der Waals surface area contributed by atoms with E-state index in [0.29, 0.717) is 65.8 Å². The van der Waals surface area contributed by atoms with E-state index in [9.17, 15) is 14.4 Å². The molecule has 0 saturated heterocycles. The molecule has 13 nitrogen and oxygen atoms in total. The van der Waals surface area contributed by atoms with Crippen molar-refractivity contribution in [2.75, 3.05) is 38.5 Å². The minimum Gasteiger partial charge on any atom is -0.493 e. The number of aromatic nitrogens is 4. The Hall–Kier alpha value is -5.46. The Morgan fingerprint density at radius 3 is 2.52 bits per heavy atom. The minimum atomic E-state index is -0.401. The molecule has 1 aromatic heterocycles. The van der Waals surface area contributed by atoms with Gasteiger partial charge in [0.15, 0.2) is 11.5 Å². The molecule has 1 atom stereocenters. The molecule has 0 unspecified atom stereocenters. The molecule has 2 amide bonds. The predicted octanol–water partition coefficient (Wildman–Crippen LogP) is 3.88. The van der Waals surface area contributed by atoms with Gasteiger partial charge in [-0.15, -0.1) is 10.2 Å². The molecule has 0 bridgehead atoms. The maximum Gasteiger partial charge on any atom is 0.224 e. The molecule has 0 fully saturated rings. The highest BCUT2D eigenvalue weighted by atomic mass is 16.5. The summed E-state index contributed by atoms with van der Waals surface area (Å²) >= 11 is 0. The van der Waals surface area contributed by atoms with Crippen molar-refractivity contribution in [2.24, 2.45) is 7.05 Å². The third kappa shape index (κ3) is 6.93. The van der Waals surface area contributed by atoms with E-state index < -0.39 is 6.04 Å².